The number of nitrogens with one attached hydrogen (secondary N) is 1. The zero-order chi connectivity index (χ0) is 44.6. The van der Waals surface area contributed by atoms with Crippen LogP contribution in [0.2, 0.25) is 0 Å². The number of hydrogen-bond donors (Lipinski definition) is 4. The molecule has 2 aliphatic heterocycles. The van der Waals surface area contributed by atoms with E-state index in [1.54, 1.807) is 37.4 Å². The molecule has 0 unspecified atom stereocenters. The molecule has 2 aliphatic rings. The van der Waals surface area contributed by atoms with E-state index in [0.29, 0.717) is 84.1 Å². The number of phenols is 1. The molecule has 11 nitrogen and oxygen atoms in total. The number of hydrogen-bond acceptors (Lipinski definition) is 9. The van der Waals surface area contributed by atoms with Crippen molar-refractivity contribution < 1.29 is 34.4 Å². The molecule has 1 aromatic heterocycles. The van der Waals surface area contributed by atoms with E-state index >= 15 is 0 Å². The van der Waals surface area contributed by atoms with Crippen LogP contribution in [-0.2, 0) is 28.1 Å². The van der Waals surface area contributed by atoms with Gasteiger partial charge in [-0.05, 0) is 128 Å². The van der Waals surface area contributed by atoms with Crippen LogP contribution in [-0.4, -0.2) is 81.9 Å². The number of aromatic nitrogens is 1. The van der Waals surface area contributed by atoms with Crippen LogP contribution < -0.4 is 10.3 Å². The maximum Gasteiger partial charge on any atom is 0.347 e. The number of carbonyl (C=O) groups is 2. The van der Waals surface area contributed by atoms with Crippen molar-refractivity contribution in [2.24, 2.45) is 5.92 Å². The number of piperidine rings is 2. The van der Waals surface area contributed by atoms with Crippen LogP contribution in [0.4, 0.5) is 0 Å². The summed E-state index contributed by atoms with van der Waals surface area (Å²) in [6.45, 7) is 4.07. The number of rotatable bonds is 15. The highest BCUT2D eigenvalue weighted by Gasteiger charge is 2.42. The first-order chi connectivity index (χ1) is 31.1. The topological polar surface area (TPSA) is 153 Å². The number of likely N-dealkylation sites (tertiary alicyclic amines) is 2. The first kappa shape index (κ1) is 44.3. The lowest BCUT2D eigenvalue weighted by Crippen LogP contribution is -2.41. The predicted octanol–water partition coefficient (Wildman–Crippen LogP) is 8.01. The molecule has 4 N–H and O–H groups in total. The number of phenolic OH excluding ortho intramolecular Hbond substituents is 1. The molecule has 8 rings (SSSR count). The van der Waals surface area contributed by atoms with Crippen molar-refractivity contribution in [3.63, 3.8) is 0 Å². The van der Waals surface area contributed by atoms with E-state index < -0.39 is 17.7 Å². The van der Waals surface area contributed by atoms with Crippen molar-refractivity contribution >= 4 is 22.8 Å². The Hall–Kier alpha value is -6.27. The molecule has 3 heterocycles. The van der Waals surface area contributed by atoms with Gasteiger partial charge in [-0.1, -0.05) is 97.1 Å². The number of benzene rings is 5. The molecule has 2 atom stereocenters. The molecule has 1 amide bonds. The number of H-pyrrole nitrogens is 1. The summed E-state index contributed by atoms with van der Waals surface area (Å²) in [6.07, 6.45) is 4.19. The molecule has 6 aromatic rings. The summed E-state index contributed by atoms with van der Waals surface area (Å²) in [4.78, 5) is 46.7. The van der Waals surface area contributed by atoms with E-state index in [0.717, 1.165) is 43.6 Å². The SMILES string of the molecule is COc1cc(CCC[C@H](O)c2ccc(O)c3[nH]c(=O)ccc23)ccc1C(=O)N1CCC(c2cccc([C@](O)(C(=O)OCC3CCN(Cc4ccccc4)CC3)c3ccccc3)c2)CC1. The van der Waals surface area contributed by atoms with Gasteiger partial charge in [-0.15, -0.1) is 0 Å². The van der Waals surface area contributed by atoms with Crippen molar-refractivity contribution in [1.82, 2.24) is 14.8 Å². The molecule has 2 saturated heterocycles. The molecule has 332 valence electrons. The Morgan fingerprint density at radius 2 is 1.52 bits per heavy atom. The summed E-state index contributed by atoms with van der Waals surface area (Å²) in [7, 11) is 1.56. The standard InChI is InChI=1S/C53H57N3O8/c1-63-48-32-36(12-8-17-46(57)43-20-22-47(58)50-44(43)21-23-49(59)54-50)18-19-45(48)51(60)56-30-26-39(27-31-56)40-13-9-16-42(33-40)53(62,41-14-6-3-7-15-41)52(61)64-35-38-24-28-55(29-25-38)34-37-10-4-2-5-11-37/h2-7,9-11,13-16,18-23,32-33,38-39,46,57-58,62H,8,12,17,24-31,34-35H2,1H3,(H,54,59)/t46-,53-/m0/s1. The number of aliphatic hydroxyl groups excluding tert-OH is 1. The van der Waals surface area contributed by atoms with Crippen LogP contribution in [0.1, 0.15) is 94.3 Å². The molecule has 64 heavy (non-hydrogen) atoms. The first-order valence-electron chi connectivity index (χ1n) is 22.4. The third-order valence-electron chi connectivity index (χ3n) is 13.2. The summed E-state index contributed by atoms with van der Waals surface area (Å²) in [5.41, 5.74) is 3.27. The van der Waals surface area contributed by atoms with Crippen LogP contribution in [0, 0.1) is 5.92 Å². The van der Waals surface area contributed by atoms with Crippen molar-refractivity contribution in [1.29, 1.82) is 0 Å². The smallest absolute Gasteiger partial charge is 0.347 e. The molecular formula is C53H57N3O8. The van der Waals surface area contributed by atoms with Gasteiger partial charge >= 0.3 is 5.97 Å². The van der Waals surface area contributed by atoms with Gasteiger partial charge in [0.05, 0.1) is 30.9 Å². The summed E-state index contributed by atoms with van der Waals surface area (Å²) >= 11 is 0. The number of carbonyl (C=O) groups excluding carboxylic acids is 2. The van der Waals surface area contributed by atoms with E-state index in [1.165, 1.54) is 17.7 Å². The van der Waals surface area contributed by atoms with Gasteiger partial charge in [-0.25, -0.2) is 4.79 Å². The Balaban J connectivity index is 0.869. The maximum atomic E-state index is 14.1. The number of aliphatic hydroxyl groups is 2. The number of methoxy groups -OCH3 is 1. The Labute approximate surface area is 373 Å². The molecular weight excluding hydrogens is 807 g/mol. The highest BCUT2D eigenvalue weighted by molar-refractivity contribution is 5.97. The number of nitrogens with zero attached hydrogens (tertiary/aromatic N) is 2. The second-order valence-corrected chi connectivity index (χ2v) is 17.3. The fraction of sp³-hybridized carbons (Fsp3) is 0.340. The zero-order valence-corrected chi connectivity index (χ0v) is 36.3. The first-order valence-corrected chi connectivity index (χ1v) is 22.4. The molecule has 0 bridgehead atoms. The lowest BCUT2D eigenvalue weighted by Gasteiger charge is -2.34. The fourth-order valence-corrected chi connectivity index (χ4v) is 9.41. The normalized spacial score (nSPS) is 16.6. The molecule has 5 aromatic carbocycles. The van der Waals surface area contributed by atoms with Crippen molar-refractivity contribution in [2.45, 2.75) is 69.1 Å². The van der Waals surface area contributed by atoms with Crippen LogP contribution in [0.25, 0.3) is 10.9 Å². The lowest BCUT2D eigenvalue weighted by atomic mass is 9.82. The lowest BCUT2D eigenvalue weighted by molar-refractivity contribution is -0.164. The molecule has 11 heteroatoms. The van der Waals surface area contributed by atoms with Crippen molar-refractivity contribution in [2.75, 3.05) is 39.9 Å². The Morgan fingerprint density at radius 1 is 0.797 bits per heavy atom. The number of esters is 1. The predicted molar refractivity (Wildman–Crippen MR) is 246 cm³/mol. The average molecular weight is 864 g/mol. The van der Waals surface area contributed by atoms with Crippen LogP contribution >= 0.6 is 0 Å². The van der Waals surface area contributed by atoms with E-state index in [4.69, 9.17) is 9.47 Å². The van der Waals surface area contributed by atoms with Gasteiger partial charge in [-0.3, -0.25) is 14.5 Å². The number of pyridine rings is 1. The van der Waals surface area contributed by atoms with E-state index in [9.17, 15) is 29.7 Å². The van der Waals surface area contributed by atoms with E-state index in [2.05, 4.69) is 34.1 Å². The largest absolute Gasteiger partial charge is 0.506 e. The van der Waals surface area contributed by atoms with Crippen molar-refractivity contribution in [3.8, 4) is 11.5 Å². The molecule has 2 fully saturated rings. The van der Waals surface area contributed by atoms with Gasteiger partial charge in [0.1, 0.15) is 11.5 Å². The minimum absolute atomic E-state index is 0.0507. The minimum atomic E-state index is -1.99. The van der Waals surface area contributed by atoms with Gasteiger partial charge in [0.15, 0.2) is 0 Å². The summed E-state index contributed by atoms with van der Waals surface area (Å²) in [5.74, 6) is -0.0107. The highest BCUT2D eigenvalue weighted by Crippen LogP contribution is 2.37. The minimum Gasteiger partial charge on any atom is -0.506 e. The Kier molecular flexibility index (Phi) is 13.9. The summed E-state index contributed by atoms with van der Waals surface area (Å²) < 4.78 is 11.7. The monoisotopic (exact) mass is 863 g/mol. The van der Waals surface area contributed by atoms with Crippen LogP contribution in [0.15, 0.2) is 132 Å². The molecule has 0 saturated carbocycles. The highest BCUT2D eigenvalue weighted by atomic mass is 16.5. The average Bonchev–Trinajstić information content (AvgIpc) is 3.34. The third kappa shape index (κ3) is 9.92. The molecule has 0 radical (unpaired) electrons. The number of amides is 1. The van der Waals surface area contributed by atoms with E-state index in [-0.39, 0.29) is 35.7 Å². The summed E-state index contributed by atoms with van der Waals surface area (Å²) in [5, 5.41) is 34.2. The molecule has 0 spiro atoms. The van der Waals surface area contributed by atoms with Gasteiger partial charge in [-0.2, -0.15) is 0 Å². The maximum absolute atomic E-state index is 14.1. The van der Waals surface area contributed by atoms with Gasteiger partial charge in [0.25, 0.3) is 5.91 Å². The van der Waals surface area contributed by atoms with Crippen molar-refractivity contribution in [3.05, 3.63) is 177 Å². The Bertz CT molecular complexity index is 2600. The van der Waals surface area contributed by atoms with Crippen LogP contribution in [0.5, 0.6) is 11.5 Å². The number of aryl methyl sites for hydroxylation is 1. The van der Waals surface area contributed by atoms with Crippen LogP contribution in [0.3, 0.4) is 0 Å². The Morgan fingerprint density at radius 3 is 2.25 bits per heavy atom. The number of fused-ring (bicyclic) bond motifs is 1. The van der Waals surface area contributed by atoms with Gasteiger partial charge in [0, 0.05) is 31.1 Å². The number of aromatic hydroxyl groups is 1. The van der Waals surface area contributed by atoms with Gasteiger partial charge in [0.2, 0.25) is 11.2 Å². The van der Waals surface area contributed by atoms with E-state index in [1.807, 2.05) is 65.6 Å². The number of aromatic amines is 1. The van der Waals surface area contributed by atoms with Gasteiger partial charge < -0.3 is 34.7 Å². The molecule has 0 aliphatic carbocycles. The summed E-state index contributed by atoms with van der Waals surface area (Å²) in [6, 6.07) is 38.8. The second-order valence-electron chi connectivity index (χ2n) is 17.3. The quantitative estimate of drug-likeness (QED) is 0.0753. The zero-order valence-electron chi connectivity index (χ0n) is 36.3. The number of ether oxygens (including phenoxy) is 2. The fourth-order valence-electron chi connectivity index (χ4n) is 9.41. The second kappa shape index (κ2) is 20.1. The third-order valence-corrected chi connectivity index (χ3v) is 13.2.